The number of rotatable bonds is 5. The summed E-state index contributed by atoms with van der Waals surface area (Å²) in [4.78, 5) is 11.0. The summed E-state index contributed by atoms with van der Waals surface area (Å²) in [7, 11) is 0. The molecule has 8 aromatic rings. The van der Waals surface area contributed by atoms with Gasteiger partial charge < -0.3 is 5.11 Å². The van der Waals surface area contributed by atoms with Crippen LogP contribution >= 0.6 is 11.8 Å². The fourth-order valence-corrected chi connectivity index (χ4v) is 7.75. The third-order valence-electron chi connectivity index (χ3n) is 9.78. The van der Waals surface area contributed by atoms with Gasteiger partial charge in [-0.1, -0.05) is 132 Å². The zero-order valence-corrected chi connectivity index (χ0v) is 30.7. The van der Waals surface area contributed by atoms with Gasteiger partial charge in [0.1, 0.15) is 22.1 Å². The van der Waals surface area contributed by atoms with Crippen molar-refractivity contribution in [3.63, 3.8) is 0 Å². The molecule has 3 aromatic heterocycles. The van der Waals surface area contributed by atoms with Crippen molar-refractivity contribution in [2.45, 2.75) is 62.3 Å². The number of phenolic OH excluding ortho intramolecular Hbond substituents is 1. The Morgan fingerprint density at radius 2 is 1.24 bits per heavy atom. The Hall–Kier alpha value is -5.39. The Morgan fingerprint density at radius 3 is 1.98 bits per heavy atom. The summed E-state index contributed by atoms with van der Waals surface area (Å²) in [6, 6.07) is 44.6. The van der Waals surface area contributed by atoms with Crippen LogP contribution in [0, 0.1) is 0 Å². The lowest BCUT2D eigenvalue weighted by Crippen LogP contribution is -2.12. The average Bonchev–Trinajstić information content (AvgIpc) is 3.45. The van der Waals surface area contributed by atoms with E-state index in [1.807, 2.05) is 36.5 Å². The zero-order valence-electron chi connectivity index (χ0n) is 29.9. The first-order chi connectivity index (χ1) is 24.5. The highest BCUT2D eigenvalue weighted by Gasteiger charge is 2.20. The molecule has 0 bridgehead atoms. The molecule has 3 heterocycles. The van der Waals surface area contributed by atoms with E-state index in [1.165, 1.54) is 21.9 Å². The first kappa shape index (κ1) is 32.8. The molecule has 51 heavy (non-hydrogen) atoms. The molecule has 0 aliphatic heterocycles. The predicted octanol–water partition coefficient (Wildman–Crippen LogP) is 12.5. The molecule has 5 aromatic carbocycles. The van der Waals surface area contributed by atoms with Crippen molar-refractivity contribution < 1.29 is 5.11 Å². The third kappa shape index (κ3) is 6.06. The van der Waals surface area contributed by atoms with Gasteiger partial charge in [0.05, 0.1) is 11.0 Å². The van der Waals surface area contributed by atoms with Crippen LogP contribution < -0.4 is 0 Å². The minimum atomic E-state index is 0.000887. The number of para-hydroxylation sites is 1. The molecular weight excluding hydrogens is 643 g/mol. The number of hydrogen-bond acceptors (Lipinski definition) is 4. The fraction of sp³-hybridized carbons (Fsp3) is 0.174. The van der Waals surface area contributed by atoms with Crippen LogP contribution in [0.1, 0.15) is 52.7 Å². The molecule has 0 aliphatic rings. The van der Waals surface area contributed by atoms with E-state index in [0.29, 0.717) is 5.52 Å². The van der Waals surface area contributed by atoms with Gasteiger partial charge in [0.2, 0.25) is 0 Å². The van der Waals surface area contributed by atoms with Crippen molar-refractivity contribution in [2.75, 3.05) is 0 Å². The van der Waals surface area contributed by atoms with Gasteiger partial charge in [-0.25, -0.2) is 9.97 Å². The molecule has 0 spiro atoms. The van der Waals surface area contributed by atoms with Gasteiger partial charge in [-0.15, -0.1) is 0 Å². The summed E-state index contributed by atoms with van der Waals surface area (Å²) >= 11 is 1.60. The average molecular weight is 684 g/mol. The van der Waals surface area contributed by atoms with E-state index in [-0.39, 0.29) is 16.6 Å². The third-order valence-corrected chi connectivity index (χ3v) is 10.7. The number of benzene rings is 5. The van der Waals surface area contributed by atoms with Gasteiger partial charge in [-0.2, -0.15) is 0 Å². The van der Waals surface area contributed by atoms with Crippen LogP contribution in [-0.4, -0.2) is 19.6 Å². The van der Waals surface area contributed by atoms with Crippen LogP contribution in [0.2, 0.25) is 0 Å². The molecule has 0 radical (unpaired) electrons. The molecule has 252 valence electrons. The molecule has 0 fully saturated rings. The van der Waals surface area contributed by atoms with Crippen LogP contribution in [0.5, 0.6) is 5.75 Å². The van der Waals surface area contributed by atoms with Gasteiger partial charge in [0, 0.05) is 32.8 Å². The zero-order chi connectivity index (χ0) is 35.5. The standard InChI is InChI=1S/C46H41N3OS/c1-45(2,3)31-18-16-30(17-19-31)37-28-38(29-12-8-7-9-13-29)44(50)43-36(37)22-23-42(48-43)51-33-20-21-35-34-14-10-11-15-39(34)49(40(35)27-33)41-26-32(24-25-47-41)46(4,5)6/h7-28,50H,1-6H3. The Balaban J connectivity index is 1.26. The topological polar surface area (TPSA) is 50.9 Å². The van der Waals surface area contributed by atoms with Crippen molar-refractivity contribution in [3.8, 4) is 33.8 Å². The van der Waals surface area contributed by atoms with E-state index < -0.39 is 0 Å². The van der Waals surface area contributed by atoms with Crippen LogP contribution in [0.3, 0.4) is 0 Å². The van der Waals surface area contributed by atoms with Crippen LogP contribution in [0.15, 0.2) is 144 Å². The number of phenols is 1. The van der Waals surface area contributed by atoms with Crippen molar-refractivity contribution in [2.24, 2.45) is 0 Å². The van der Waals surface area contributed by atoms with Gasteiger partial charge in [-0.05, 0) is 87.2 Å². The number of nitrogens with zero attached hydrogens (tertiary/aromatic N) is 3. The van der Waals surface area contributed by atoms with Crippen molar-refractivity contribution in [3.05, 3.63) is 145 Å². The van der Waals surface area contributed by atoms with Crippen molar-refractivity contribution >= 4 is 44.5 Å². The summed E-state index contributed by atoms with van der Waals surface area (Å²) in [6.07, 6.45) is 1.91. The smallest absolute Gasteiger partial charge is 0.149 e. The molecule has 0 aliphatic carbocycles. The minimum Gasteiger partial charge on any atom is -0.505 e. The maximum atomic E-state index is 11.8. The highest BCUT2D eigenvalue weighted by molar-refractivity contribution is 7.99. The van der Waals surface area contributed by atoms with E-state index in [9.17, 15) is 5.11 Å². The molecule has 0 amide bonds. The number of hydrogen-bond donors (Lipinski definition) is 1. The summed E-state index contributed by atoms with van der Waals surface area (Å²) < 4.78 is 2.27. The molecule has 0 atom stereocenters. The second-order valence-electron chi connectivity index (χ2n) is 15.3. The highest BCUT2D eigenvalue weighted by atomic mass is 32.2. The Labute approximate surface area is 303 Å². The molecule has 0 saturated heterocycles. The monoisotopic (exact) mass is 683 g/mol. The SMILES string of the molecule is CC(C)(C)c1ccc(-c2cc(-c3ccccc3)c(O)c3nc(Sc4ccc5c6ccccc6n(-c6cc(C(C)(C)C)ccn6)c5c4)ccc23)cc1. The second-order valence-corrected chi connectivity index (χ2v) is 16.4. The van der Waals surface area contributed by atoms with E-state index in [4.69, 9.17) is 9.97 Å². The largest absolute Gasteiger partial charge is 0.505 e. The lowest BCUT2D eigenvalue weighted by Gasteiger charge is -2.20. The van der Waals surface area contributed by atoms with Crippen molar-refractivity contribution in [1.82, 2.24) is 14.5 Å². The predicted molar refractivity (Wildman–Crippen MR) is 214 cm³/mol. The van der Waals surface area contributed by atoms with Gasteiger partial charge in [0.25, 0.3) is 0 Å². The Morgan fingerprint density at radius 1 is 0.569 bits per heavy atom. The molecular formula is C46H41N3OS. The normalized spacial score (nSPS) is 12.3. The summed E-state index contributed by atoms with van der Waals surface area (Å²) in [5.74, 6) is 1.09. The Bertz CT molecular complexity index is 2570. The number of fused-ring (bicyclic) bond motifs is 4. The number of pyridine rings is 2. The van der Waals surface area contributed by atoms with E-state index in [2.05, 4.69) is 143 Å². The first-order valence-electron chi connectivity index (χ1n) is 17.5. The minimum absolute atomic E-state index is 0.000887. The Kier molecular flexibility index (Phi) is 7.99. The van der Waals surface area contributed by atoms with Crippen LogP contribution in [0.25, 0.3) is 60.8 Å². The molecule has 0 unspecified atom stereocenters. The molecule has 8 rings (SSSR count). The van der Waals surface area contributed by atoms with E-state index in [0.717, 1.165) is 54.4 Å². The maximum absolute atomic E-state index is 11.8. The van der Waals surface area contributed by atoms with Gasteiger partial charge >= 0.3 is 0 Å². The second kappa shape index (κ2) is 12.4. The van der Waals surface area contributed by atoms with E-state index in [1.54, 1.807) is 11.8 Å². The first-order valence-corrected chi connectivity index (χ1v) is 18.3. The quantitative estimate of drug-likeness (QED) is 0.196. The fourth-order valence-electron chi connectivity index (χ4n) is 6.93. The van der Waals surface area contributed by atoms with Crippen LogP contribution in [-0.2, 0) is 10.8 Å². The molecule has 1 N–H and O–H groups in total. The highest BCUT2D eigenvalue weighted by Crippen LogP contribution is 2.43. The maximum Gasteiger partial charge on any atom is 0.149 e. The molecule has 5 heteroatoms. The molecule has 4 nitrogen and oxygen atoms in total. The summed E-state index contributed by atoms with van der Waals surface area (Å²) in [5, 5.41) is 15.9. The number of aromatic nitrogens is 3. The van der Waals surface area contributed by atoms with Gasteiger partial charge in [0.15, 0.2) is 0 Å². The van der Waals surface area contributed by atoms with Gasteiger partial charge in [-0.3, -0.25) is 4.57 Å². The lowest BCUT2D eigenvalue weighted by molar-refractivity contribution is 0.482. The summed E-state index contributed by atoms with van der Waals surface area (Å²) in [6.45, 7) is 13.4. The van der Waals surface area contributed by atoms with E-state index >= 15 is 0 Å². The molecule has 0 saturated carbocycles. The van der Waals surface area contributed by atoms with Crippen LogP contribution in [0.4, 0.5) is 0 Å². The lowest BCUT2D eigenvalue weighted by atomic mass is 9.85. The number of aromatic hydroxyl groups is 1. The van der Waals surface area contributed by atoms with Crippen molar-refractivity contribution in [1.29, 1.82) is 0 Å². The summed E-state index contributed by atoms with van der Waals surface area (Å²) in [5.41, 5.74) is 9.24.